The third kappa shape index (κ3) is 4.07. The van der Waals surface area contributed by atoms with E-state index < -0.39 is 0 Å². The topological polar surface area (TPSA) is 77.8 Å². The molecule has 0 aliphatic carbocycles. The lowest BCUT2D eigenvalue weighted by Crippen LogP contribution is -2.35. The summed E-state index contributed by atoms with van der Waals surface area (Å²) in [6, 6.07) is 7.49. The molecule has 0 saturated heterocycles. The van der Waals surface area contributed by atoms with Crippen molar-refractivity contribution in [1.82, 2.24) is 15.6 Å². The fourth-order valence-corrected chi connectivity index (χ4v) is 1.18. The van der Waals surface area contributed by atoms with Crippen LogP contribution in [0.5, 0.6) is 0 Å². The van der Waals surface area contributed by atoms with E-state index in [9.17, 15) is 4.79 Å². The third-order valence-corrected chi connectivity index (χ3v) is 2.06. The Hall–Kier alpha value is -1.93. The van der Waals surface area contributed by atoms with E-state index in [0.29, 0.717) is 0 Å². The first-order chi connectivity index (χ1) is 7.74. The number of rotatable bonds is 5. The van der Waals surface area contributed by atoms with E-state index in [4.69, 9.17) is 5.26 Å². The summed E-state index contributed by atoms with van der Waals surface area (Å²) < 4.78 is 0. The first kappa shape index (κ1) is 12.1. The van der Waals surface area contributed by atoms with Crippen LogP contribution in [0, 0.1) is 11.3 Å². The lowest BCUT2D eigenvalue weighted by molar-refractivity contribution is -0.120. The maximum atomic E-state index is 11.2. The smallest absolute Gasteiger partial charge is 0.234 e. The zero-order valence-corrected chi connectivity index (χ0v) is 9.10. The minimum atomic E-state index is -0.190. The number of carbonyl (C=O) groups is 1. The van der Waals surface area contributed by atoms with Crippen molar-refractivity contribution < 1.29 is 4.79 Å². The van der Waals surface area contributed by atoms with Crippen molar-refractivity contribution in [3.63, 3.8) is 0 Å². The van der Waals surface area contributed by atoms with Crippen molar-refractivity contribution >= 4 is 5.91 Å². The van der Waals surface area contributed by atoms with Crippen molar-refractivity contribution in [3.05, 3.63) is 30.1 Å². The van der Waals surface area contributed by atoms with Gasteiger partial charge in [-0.2, -0.15) is 5.26 Å². The van der Waals surface area contributed by atoms with Crippen LogP contribution >= 0.6 is 0 Å². The standard InChI is InChI=1S/C11H14N4O/c1-9(10-4-2-3-6-13-10)15-8-11(16)14-7-5-12/h2-4,6,9,15H,7-8H2,1H3,(H,14,16). The lowest BCUT2D eigenvalue weighted by atomic mass is 10.2. The van der Waals surface area contributed by atoms with Crippen LogP contribution in [0.15, 0.2) is 24.4 Å². The first-order valence-corrected chi connectivity index (χ1v) is 5.02. The summed E-state index contributed by atoms with van der Waals surface area (Å²) in [6.07, 6.45) is 1.71. The van der Waals surface area contributed by atoms with Crippen molar-refractivity contribution in [1.29, 1.82) is 5.26 Å². The largest absolute Gasteiger partial charge is 0.342 e. The Bertz CT molecular complexity index is 371. The molecule has 0 bridgehead atoms. The van der Waals surface area contributed by atoms with E-state index >= 15 is 0 Å². The van der Waals surface area contributed by atoms with E-state index in [1.807, 2.05) is 31.2 Å². The van der Waals surface area contributed by atoms with E-state index in [2.05, 4.69) is 15.6 Å². The van der Waals surface area contributed by atoms with Gasteiger partial charge in [0.25, 0.3) is 0 Å². The number of hydrogen-bond acceptors (Lipinski definition) is 4. The summed E-state index contributed by atoms with van der Waals surface area (Å²) in [6.45, 7) is 2.15. The molecule has 1 aromatic rings. The maximum absolute atomic E-state index is 11.2. The summed E-state index contributed by atoms with van der Waals surface area (Å²) in [4.78, 5) is 15.4. The number of pyridine rings is 1. The number of nitrogens with zero attached hydrogens (tertiary/aromatic N) is 2. The second-order valence-corrected chi connectivity index (χ2v) is 3.29. The van der Waals surface area contributed by atoms with Crippen LogP contribution in [0.25, 0.3) is 0 Å². The highest BCUT2D eigenvalue weighted by molar-refractivity contribution is 5.78. The molecule has 5 nitrogen and oxygen atoms in total. The molecule has 16 heavy (non-hydrogen) atoms. The molecule has 5 heteroatoms. The quantitative estimate of drug-likeness (QED) is 0.700. The van der Waals surface area contributed by atoms with Crippen LogP contribution in [0.3, 0.4) is 0 Å². The molecule has 1 amide bonds. The number of hydrogen-bond donors (Lipinski definition) is 2. The van der Waals surface area contributed by atoms with Gasteiger partial charge < -0.3 is 10.6 Å². The molecule has 1 unspecified atom stereocenters. The summed E-state index contributed by atoms with van der Waals surface area (Å²) in [5, 5.41) is 13.8. The van der Waals surface area contributed by atoms with Crippen molar-refractivity contribution in [2.75, 3.05) is 13.1 Å². The molecular formula is C11H14N4O. The predicted molar refractivity (Wildman–Crippen MR) is 59.3 cm³/mol. The van der Waals surface area contributed by atoms with Gasteiger partial charge in [-0.15, -0.1) is 0 Å². The molecule has 0 aromatic carbocycles. The van der Waals surface area contributed by atoms with Crippen LogP contribution in [0.2, 0.25) is 0 Å². The molecule has 0 fully saturated rings. The van der Waals surface area contributed by atoms with Crippen LogP contribution < -0.4 is 10.6 Å². The number of aromatic nitrogens is 1. The molecule has 0 saturated carbocycles. The number of nitriles is 1. The summed E-state index contributed by atoms with van der Waals surface area (Å²) in [7, 11) is 0. The molecule has 1 heterocycles. The highest BCUT2D eigenvalue weighted by Crippen LogP contribution is 2.06. The van der Waals surface area contributed by atoms with E-state index in [1.54, 1.807) is 6.20 Å². The number of amides is 1. The van der Waals surface area contributed by atoms with Gasteiger partial charge >= 0.3 is 0 Å². The molecular weight excluding hydrogens is 204 g/mol. The average Bonchev–Trinajstić information content (AvgIpc) is 2.34. The van der Waals surface area contributed by atoms with Gasteiger partial charge in [0.2, 0.25) is 5.91 Å². The Morgan fingerprint density at radius 2 is 2.44 bits per heavy atom. The van der Waals surface area contributed by atoms with Crippen LogP contribution in [-0.4, -0.2) is 24.0 Å². The van der Waals surface area contributed by atoms with Gasteiger partial charge in [-0.3, -0.25) is 9.78 Å². The molecule has 0 aliphatic heterocycles. The highest BCUT2D eigenvalue weighted by Gasteiger charge is 2.07. The van der Waals surface area contributed by atoms with Gasteiger partial charge in [-0.25, -0.2) is 0 Å². The molecule has 0 spiro atoms. The lowest BCUT2D eigenvalue weighted by Gasteiger charge is -2.12. The maximum Gasteiger partial charge on any atom is 0.234 e. The van der Waals surface area contributed by atoms with Crippen molar-refractivity contribution in [3.8, 4) is 6.07 Å². The van der Waals surface area contributed by atoms with Gasteiger partial charge in [-0.1, -0.05) is 6.07 Å². The average molecular weight is 218 g/mol. The van der Waals surface area contributed by atoms with E-state index in [-0.39, 0.29) is 25.0 Å². The van der Waals surface area contributed by atoms with Crippen molar-refractivity contribution in [2.24, 2.45) is 0 Å². The van der Waals surface area contributed by atoms with Crippen LogP contribution in [0.4, 0.5) is 0 Å². The van der Waals surface area contributed by atoms with Crippen LogP contribution in [-0.2, 0) is 4.79 Å². The first-order valence-electron chi connectivity index (χ1n) is 5.02. The summed E-state index contributed by atoms with van der Waals surface area (Å²) in [5.74, 6) is -0.190. The van der Waals surface area contributed by atoms with E-state index in [0.717, 1.165) is 5.69 Å². The fraction of sp³-hybridized carbons (Fsp3) is 0.364. The second kappa shape index (κ2) is 6.53. The Kier molecular flexibility index (Phi) is 4.96. The molecule has 0 aliphatic rings. The highest BCUT2D eigenvalue weighted by atomic mass is 16.1. The molecule has 0 radical (unpaired) electrons. The molecule has 1 atom stereocenters. The zero-order valence-electron chi connectivity index (χ0n) is 9.10. The summed E-state index contributed by atoms with van der Waals surface area (Å²) in [5.41, 5.74) is 0.885. The molecule has 84 valence electrons. The van der Waals surface area contributed by atoms with Gasteiger partial charge in [0.1, 0.15) is 6.54 Å². The normalized spacial score (nSPS) is 11.5. The van der Waals surface area contributed by atoms with Gasteiger partial charge in [-0.05, 0) is 19.1 Å². The number of nitrogens with one attached hydrogen (secondary N) is 2. The Morgan fingerprint density at radius 1 is 1.62 bits per heavy atom. The summed E-state index contributed by atoms with van der Waals surface area (Å²) >= 11 is 0. The Labute approximate surface area is 94.5 Å². The van der Waals surface area contributed by atoms with Gasteiger partial charge in [0.05, 0.1) is 18.3 Å². The van der Waals surface area contributed by atoms with Crippen molar-refractivity contribution in [2.45, 2.75) is 13.0 Å². The Balaban J connectivity index is 2.33. The van der Waals surface area contributed by atoms with E-state index in [1.165, 1.54) is 0 Å². The van der Waals surface area contributed by atoms with Gasteiger partial charge in [0.15, 0.2) is 0 Å². The third-order valence-electron chi connectivity index (χ3n) is 2.06. The second-order valence-electron chi connectivity index (χ2n) is 3.29. The fourth-order valence-electron chi connectivity index (χ4n) is 1.18. The van der Waals surface area contributed by atoms with Gasteiger partial charge in [0, 0.05) is 12.2 Å². The minimum Gasteiger partial charge on any atom is -0.342 e. The minimum absolute atomic E-state index is 0.00837. The van der Waals surface area contributed by atoms with Crippen LogP contribution in [0.1, 0.15) is 18.7 Å². The zero-order chi connectivity index (χ0) is 11.8. The number of carbonyl (C=O) groups excluding carboxylic acids is 1. The molecule has 2 N–H and O–H groups in total. The molecule has 1 rings (SSSR count). The molecule has 1 aromatic heterocycles. The SMILES string of the molecule is CC(NCC(=O)NCC#N)c1ccccn1. The Morgan fingerprint density at radius 3 is 3.06 bits per heavy atom. The monoisotopic (exact) mass is 218 g/mol. The predicted octanol–water partition coefficient (Wildman–Crippen LogP) is 0.372.